The molecule has 0 spiro atoms. The van der Waals surface area contributed by atoms with Gasteiger partial charge in [-0.05, 0) is 27.2 Å². The number of rotatable bonds is 7. The summed E-state index contributed by atoms with van der Waals surface area (Å²) in [4.78, 5) is 22.6. The van der Waals surface area contributed by atoms with Gasteiger partial charge in [0, 0.05) is 20.1 Å². The van der Waals surface area contributed by atoms with Gasteiger partial charge in [0.2, 0.25) is 0 Å². The quantitative estimate of drug-likeness (QED) is 0.533. The summed E-state index contributed by atoms with van der Waals surface area (Å²) in [6.45, 7) is 5.46. The molecular formula is C10H21N3O7S2. The lowest BCUT2D eigenvalue weighted by molar-refractivity contribution is 0.0527. The number of amides is 2. The largest absolute Gasteiger partial charge is 0.444 e. The molecule has 22 heavy (non-hydrogen) atoms. The molecule has 0 radical (unpaired) electrons. The van der Waals surface area contributed by atoms with E-state index in [4.69, 9.17) is 4.74 Å². The number of nitrogens with one attached hydrogen (secondary N) is 3. The van der Waals surface area contributed by atoms with Crippen molar-refractivity contribution in [1.29, 1.82) is 0 Å². The van der Waals surface area contributed by atoms with Crippen LogP contribution in [0.3, 0.4) is 0 Å². The molecule has 0 fully saturated rings. The third-order valence-corrected chi connectivity index (χ3v) is 4.00. The molecule has 0 saturated carbocycles. The maximum absolute atomic E-state index is 11.3. The van der Waals surface area contributed by atoms with E-state index in [0.29, 0.717) is 6.42 Å². The fourth-order valence-corrected chi connectivity index (χ4v) is 2.38. The SMILES string of the molecule is CNS(=O)(=O)OS(=O)C(=O)NCCCNC(=O)OC(C)(C)C. The Morgan fingerprint density at radius 1 is 1.14 bits per heavy atom. The van der Waals surface area contributed by atoms with Crippen molar-refractivity contribution in [1.82, 2.24) is 15.4 Å². The molecule has 10 nitrogen and oxygen atoms in total. The third-order valence-electron chi connectivity index (χ3n) is 1.84. The van der Waals surface area contributed by atoms with E-state index in [1.54, 1.807) is 25.5 Å². The van der Waals surface area contributed by atoms with Gasteiger partial charge in [-0.3, -0.25) is 4.79 Å². The maximum Gasteiger partial charge on any atom is 0.407 e. The van der Waals surface area contributed by atoms with E-state index < -0.39 is 38.3 Å². The Morgan fingerprint density at radius 2 is 1.68 bits per heavy atom. The van der Waals surface area contributed by atoms with Crippen molar-refractivity contribution >= 4 is 32.7 Å². The lowest BCUT2D eigenvalue weighted by Crippen LogP contribution is -2.35. The molecule has 2 amide bonds. The van der Waals surface area contributed by atoms with Crippen LogP contribution < -0.4 is 15.4 Å². The van der Waals surface area contributed by atoms with E-state index in [9.17, 15) is 22.2 Å². The molecule has 1 atom stereocenters. The number of ether oxygens (including phenoxy) is 1. The Morgan fingerprint density at radius 3 is 2.18 bits per heavy atom. The van der Waals surface area contributed by atoms with Gasteiger partial charge in [-0.15, -0.1) is 3.63 Å². The monoisotopic (exact) mass is 359 g/mol. The van der Waals surface area contributed by atoms with E-state index in [1.165, 1.54) is 0 Å². The smallest absolute Gasteiger partial charge is 0.407 e. The van der Waals surface area contributed by atoms with Crippen LogP contribution in [0.2, 0.25) is 0 Å². The molecule has 1 unspecified atom stereocenters. The van der Waals surface area contributed by atoms with Gasteiger partial charge in [-0.2, -0.15) is 13.1 Å². The summed E-state index contributed by atoms with van der Waals surface area (Å²) < 4.78 is 43.8. The van der Waals surface area contributed by atoms with E-state index in [1.807, 2.05) is 0 Å². The summed E-state index contributed by atoms with van der Waals surface area (Å²) in [5, 5.41) is 3.58. The average Bonchev–Trinajstić information content (AvgIpc) is 2.35. The van der Waals surface area contributed by atoms with Gasteiger partial charge >= 0.3 is 21.6 Å². The van der Waals surface area contributed by atoms with E-state index in [2.05, 4.69) is 14.3 Å². The summed E-state index contributed by atoms with van der Waals surface area (Å²) in [5.41, 5.74) is -0.606. The van der Waals surface area contributed by atoms with Crippen LogP contribution in [0.4, 0.5) is 9.59 Å². The maximum atomic E-state index is 11.3. The lowest BCUT2D eigenvalue weighted by Gasteiger charge is -2.19. The highest BCUT2D eigenvalue weighted by molar-refractivity contribution is 8.04. The predicted octanol–water partition coefficient (Wildman–Crippen LogP) is -0.245. The van der Waals surface area contributed by atoms with Crippen LogP contribution in [0.15, 0.2) is 0 Å². The van der Waals surface area contributed by atoms with Crippen molar-refractivity contribution < 1.29 is 30.6 Å². The summed E-state index contributed by atoms with van der Waals surface area (Å²) >= 11 is -2.67. The fourth-order valence-electron chi connectivity index (χ4n) is 0.989. The lowest BCUT2D eigenvalue weighted by atomic mass is 10.2. The third kappa shape index (κ3) is 10.5. The second-order valence-electron chi connectivity index (χ2n) is 4.96. The zero-order valence-electron chi connectivity index (χ0n) is 12.8. The van der Waals surface area contributed by atoms with E-state index in [-0.39, 0.29) is 13.1 Å². The number of hydrogen-bond acceptors (Lipinski definition) is 7. The first-order chi connectivity index (χ1) is 9.97. The van der Waals surface area contributed by atoms with Crippen molar-refractivity contribution in [2.75, 3.05) is 20.1 Å². The standard InChI is InChI=1S/C10H21N3O7S2/c1-10(2,3)19-8(14)12-6-5-7-13-9(15)21(16)20-22(17,18)11-4/h11H,5-7H2,1-4H3,(H,12,14)(H,13,15). The first kappa shape index (κ1) is 20.8. The molecule has 3 N–H and O–H groups in total. The molecular weight excluding hydrogens is 338 g/mol. The highest BCUT2D eigenvalue weighted by atomic mass is 32.3. The van der Waals surface area contributed by atoms with Crippen molar-refractivity contribution in [2.24, 2.45) is 0 Å². The fraction of sp³-hybridized carbons (Fsp3) is 0.800. The summed E-state index contributed by atoms with van der Waals surface area (Å²) in [6, 6.07) is 0. The van der Waals surface area contributed by atoms with E-state index >= 15 is 0 Å². The van der Waals surface area contributed by atoms with E-state index in [0.717, 1.165) is 7.05 Å². The van der Waals surface area contributed by atoms with Gasteiger partial charge in [-0.1, -0.05) is 0 Å². The van der Waals surface area contributed by atoms with Crippen molar-refractivity contribution in [3.63, 3.8) is 0 Å². The molecule has 12 heteroatoms. The van der Waals surface area contributed by atoms with Crippen LogP contribution >= 0.6 is 0 Å². The number of alkyl carbamates (subject to hydrolysis) is 1. The Bertz CT molecular complexity index is 513. The summed E-state index contributed by atoms with van der Waals surface area (Å²) in [7, 11) is -3.16. The first-order valence-electron chi connectivity index (χ1n) is 6.27. The van der Waals surface area contributed by atoms with Crippen LogP contribution in [-0.4, -0.2) is 49.7 Å². The molecule has 0 rings (SSSR count). The number of carbonyl (C=O) groups excluding carboxylic acids is 2. The molecule has 0 saturated heterocycles. The summed E-state index contributed by atoms with van der Waals surface area (Å²) in [6.07, 6.45) is -0.258. The van der Waals surface area contributed by atoms with Gasteiger partial charge in [0.1, 0.15) is 5.60 Å². The highest BCUT2D eigenvalue weighted by Gasteiger charge is 2.20. The topological polar surface area (TPSA) is 140 Å². The Labute approximate surface area is 132 Å². The number of hydrogen-bond donors (Lipinski definition) is 3. The second-order valence-corrected chi connectivity index (χ2v) is 7.66. The van der Waals surface area contributed by atoms with Gasteiger partial charge in [0.15, 0.2) is 0 Å². The van der Waals surface area contributed by atoms with Crippen LogP contribution in [-0.2, 0) is 29.8 Å². The minimum atomic E-state index is -4.21. The minimum Gasteiger partial charge on any atom is -0.444 e. The minimum absolute atomic E-state index is 0.0728. The Kier molecular flexibility index (Phi) is 8.52. The molecule has 0 aliphatic rings. The van der Waals surface area contributed by atoms with Gasteiger partial charge < -0.3 is 15.4 Å². The molecule has 0 aromatic rings. The predicted molar refractivity (Wildman–Crippen MR) is 79.5 cm³/mol. The number of carbonyl (C=O) groups is 2. The van der Waals surface area contributed by atoms with Crippen molar-refractivity contribution in [3.8, 4) is 0 Å². The van der Waals surface area contributed by atoms with Crippen LogP contribution in [0, 0.1) is 0 Å². The molecule has 0 aliphatic heterocycles. The normalized spacial score (nSPS) is 13.3. The molecule has 130 valence electrons. The first-order valence-corrected chi connectivity index (χ1v) is 8.75. The van der Waals surface area contributed by atoms with Crippen LogP contribution in [0.25, 0.3) is 0 Å². The molecule has 0 aromatic heterocycles. The molecule has 0 heterocycles. The molecule has 0 aliphatic carbocycles. The van der Waals surface area contributed by atoms with Crippen LogP contribution in [0.5, 0.6) is 0 Å². The van der Waals surface area contributed by atoms with Crippen molar-refractivity contribution in [2.45, 2.75) is 32.8 Å². The van der Waals surface area contributed by atoms with Gasteiger partial charge in [-0.25, -0.2) is 9.00 Å². The van der Waals surface area contributed by atoms with Crippen molar-refractivity contribution in [3.05, 3.63) is 0 Å². The van der Waals surface area contributed by atoms with Gasteiger partial charge in [0.25, 0.3) is 11.1 Å². The Balaban J connectivity index is 3.91. The second kappa shape index (κ2) is 9.02. The van der Waals surface area contributed by atoms with Crippen LogP contribution in [0.1, 0.15) is 27.2 Å². The zero-order chi connectivity index (χ0) is 17.4. The summed E-state index contributed by atoms with van der Waals surface area (Å²) in [5.74, 6) is 0. The highest BCUT2D eigenvalue weighted by Crippen LogP contribution is 2.06. The molecule has 0 bridgehead atoms. The zero-order valence-corrected chi connectivity index (χ0v) is 14.4. The Hall–Kier alpha value is -1.24. The molecule has 0 aromatic carbocycles. The average molecular weight is 359 g/mol. The van der Waals surface area contributed by atoms with Gasteiger partial charge in [0.05, 0.1) is 0 Å².